The molecule has 0 radical (unpaired) electrons. The van der Waals surface area contributed by atoms with Gasteiger partial charge in [0.1, 0.15) is 0 Å². The minimum atomic E-state index is 0.491. The molecule has 0 saturated carbocycles. The molecular formula is C12H11Cl2NO2. The van der Waals surface area contributed by atoms with Crippen molar-refractivity contribution < 1.29 is 9.53 Å². The lowest BCUT2D eigenvalue weighted by atomic mass is 10.2. The zero-order valence-corrected chi connectivity index (χ0v) is 10.8. The van der Waals surface area contributed by atoms with Crippen molar-refractivity contribution >= 4 is 40.4 Å². The van der Waals surface area contributed by atoms with Crippen LogP contribution in [0.15, 0.2) is 18.3 Å². The highest BCUT2D eigenvalue weighted by atomic mass is 35.5. The van der Waals surface area contributed by atoms with Crippen LogP contribution in [0.4, 0.5) is 0 Å². The van der Waals surface area contributed by atoms with Crippen molar-refractivity contribution in [2.45, 2.75) is 6.54 Å². The van der Waals surface area contributed by atoms with E-state index in [4.69, 9.17) is 27.9 Å². The number of rotatable bonds is 4. The molecule has 2 rings (SSSR count). The smallest absolute Gasteiger partial charge is 0.152 e. The van der Waals surface area contributed by atoms with E-state index in [1.165, 1.54) is 0 Å². The van der Waals surface area contributed by atoms with Crippen molar-refractivity contribution in [2.24, 2.45) is 0 Å². The molecule has 5 heteroatoms. The number of hydrogen-bond donors (Lipinski definition) is 0. The fourth-order valence-corrected chi connectivity index (χ4v) is 2.43. The molecule has 0 atom stereocenters. The maximum absolute atomic E-state index is 11.0. The van der Waals surface area contributed by atoms with Crippen molar-refractivity contribution in [3.8, 4) is 0 Å². The molecule has 0 amide bonds. The number of aromatic nitrogens is 1. The highest BCUT2D eigenvalue weighted by molar-refractivity contribution is 6.39. The average molecular weight is 272 g/mol. The second-order valence-corrected chi connectivity index (χ2v) is 4.51. The molecule has 0 bridgehead atoms. The molecule has 0 unspecified atom stereocenters. The van der Waals surface area contributed by atoms with Crippen LogP contribution in [-0.2, 0) is 11.3 Å². The van der Waals surface area contributed by atoms with Crippen LogP contribution in [-0.4, -0.2) is 24.6 Å². The molecule has 90 valence electrons. The van der Waals surface area contributed by atoms with Crippen LogP contribution < -0.4 is 0 Å². The molecule has 1 heterocycles. The number of benzene rings is 1. The van der Waals surface area contributed by atoms with Gasteiger partial charge in [-0.2, -0.15) is 0 Å². The predicted octanol–water partition coefficient (Wildman–Crippen LogP) is 3.41. The van der Waals surface area contributed by atoms with E-state index >= 15 is 0 Å². The van der Waals surface area contributed by atoms with Crippen LogP contribution in [0.2, 0.25) is 10.0 Å². The van der Waals surface area contributed by atoms with Crippen molar-refractivity contribution in [2.75, 3.05) is 13.7 Å². The predicted molar refractivity (Wildman–Crippen MR) is 69.2 cm³/mol. The minimum absolute atomic E-state index is 0.491. The largest absolute Gasteiger partial charge is 0.383 e. The topological polar surface area (TPSA) is 31.2 Å². The van der Waals surface area contributed by atoms with Gasteiger partial charge in [0, 0.05) is 35.8 Å². The molecule has 0 aliphatic heterocycles. The summed E-state index contributed by atoms with van der Waals surface area (Å²) < 4.78 is 6.94. The number of nitrogens with zero attached hydrogens (tertiary/aromatic N) is 1. The van der Waals surface area contributed by atoms with E-state index in [0.29, 0.717) is 28.8 Å². The van der Waals surface area contributed by atoms with Gasteiger partial charge in [-0.1, -0.05) is 23.2 Å². The number of hydrogen-bond acceptors (Lipinski definition) is 2. The standard InChI is InChI=1S/C12H11Cl2NO2/c1-17-3-2-15-6-8(7-16)12-10(14)4-9(13)5-11(12)15/h4-7H,2-3H2,1H3. The van der Waals surface area contributed by atoms with E-state index in [0.717, 1.165) is 17.2 Å². The van der Waals surface area contributed by atoms with Crippen molar-refractivity contribution in [3.63, 3.8) is 0 Å². The lowest BCUT2D eigenvalue weighted by Crippen LogP contribution is -2.02. The summed E-state index contributed by atoms with van der Waals surface area (Å²) in [4.78, 5) is 11.0. The van der Waals surface area contributed by atoms with Crippen LogP contribution in [0.25, 0.3) is 10.9 Å². The quantitative estimate of drug-likeness (QED) is 0.799. The van der Waals surface area contributed by atoms with Crippen molar-refractivity contribution in [1.29, 1.82) is 0 Å². The maximum atomic E-state index is 11.0. The number of aldehydes is 1. The third kappa shape index (κ3) is 2.32. The van der Waals surface area contributed by atoms with Crippen LogP contribution in [0.3, 0.4) is 0 Å². The molecule has 0 aliphatic rings. The van der Waals surface area contributed by atoms with Crippen LogP contribution in [0.1, 0.15) is 10.4 Å². The van der Waals surface area contributed by atoms with E-state index in [-0.39, 0.29) is 0 Å². The fourth-order valence-electron chi connectivity index (χ4n) is 1.84. The molecule has 0 aliphatic carbocycles. The van der Waals surface area contributed by atoms with Crippen molar-refractivity contribution in [1.82, 2.24) is 4.57 Å². The lowest BCUT2D eigenvalue weighted by molar-refractivity contribution is 0.112. The van der Waals surface area contributed by atoms with Crippen LogP contribution >= 0.6 is 23.2 Å². The number of methoxy groups -OCH3 is 1. The highest BCUT2D eigenvalue weighted by Crippen LogP contribution is 2.31. The van der Waals surface area contributed by atoms with E-state index in [9.17, 15) is 4.79 Å². The molecular weight excluding hydrogens is 261 g/mol. The van der Waals surface area contributed by atoms with Crippen LogP contribution in [0, 0.1) is 0 Å². The summed E-state index contributed by atoms with van der Waals surface area (Å²) in [6, 6.07) is 3.44. The van der Waals surface area contributed by atoms with Gasteiger partial charge in [-0.25, -0.2) is 0 Å². The zero-order valence-electron chi connectivity index (χ0n) is 9.24. The first-order valence-electron chi connectivity index (χ1n) is 5.09. The molecule has 17 heavy (non-hydrogen) atoms. The molecule has 3 nitrogen and oxygen atoms in total. The van der Waals surface area contributed by atoms with Crippen LogP contribution in [0.5, 0.6) is 0 Å². The Hall–Kier alpha value is -1.03. The summed E-state index contributed by atoms with van der Waals surface area (Å²) in [5.41, 5.74) is 1.42. The molecule has 1 aromatic carbocycles. The van der Waals surface area contributed by atoms with Gasteiger partial charge in [-0.05, 0) is 12.1 Å². The number of fused-ring (bicyclic) bond motifs is 1. The molecule has 0 fully saturated rings. The summed E-state index contributed by atoms with van der Waals surface area (Å²) in [6.45, 7) is 1.21. The molecule has 0 saturated heterocycles. The summed E-state index contributed by atoms with van der Waals surface area (Å²) in [5, 5.41) is 1.78. The Morgan fingerprint density at radius 2 is 2.18 bits per heavy atom. The Bertz CT molecular complexity index is 563. The minimum Gasteiger partial charge on any atom is -0.383 e. The van der Waals surface area contributed by atoms with Gasteiger partial charge in [-0.15, -0.1) is 0 Å². The normalized spacial score (nSPS) is 11.0. The summed E-state index contributed by atoms with van der Waals surface area (Å²) in [7, 11) is 1.63. The summed E-state index contributed by atoms with van der Waals surface area (Å²) in [5.74, 6) is 0. The Labute approximate surface area is 109 Å². The summed E-state index contributed by atoms with van der Waals surface area (Å²) >= 11 is 12.1. The Morgan fingerprint density at radius 1 is 1.41 bits per heavy atom. The monoisotopic (exact) mass is 271 g/mol. The number of halogens is 2. The Kier molecular flexibility index (Phi) is 3.72. The maximum Gasteiger partial charge on any atom is 0.152 e. The van der Waals surface area contributed by atoms with Gasteiger partial charge in [0.25, 0.3) is 0 Å². The third-order valence-corrected chi connectivity index (χ3v) is 3.11. The van der Waals surface area contributed by atoms with E-state index in [1.807, 2.05) is 4.57 Å². The lowest BCUT2D eigenvalue weighted by Gasteiger charge is -2.05. The van der Waals surface area contributed by atoms with Gasteiger partial charge in [0.2, 0.25) is 0 Å². The van der Waals surface area contributed by atoms with Gasteiger partial charge < -0.3 is 9.30 Å². The number of ether oxygens (including phenoxy) is 1. The number of carbonyl (C=O) groups excluding carboxylic acids is 1. The third-order valence-electron chi connectivity index (χ3n) is 2.59. The Morgan fingerprint density at radius 3 is 2.82 bits per heavy atom. The number of carbonyl (C=O) groups is 1. The van der Waals surface area contributed by atoms with E-state index in [2.05, 4.69) is 0 Å². The second kappa shape index (κ2) is 5.08. The average Bonchev–Trinajstić information content (AvgIpc) is 2.64. The first kappa shape index (κ1) is 12.4. The SMILES string of the molecule is COCCn1cc(C=O)c2c(Cl)cc(Cl)cc21. The van der Waals surface area contributed by atoms with E-state index < -0.39 is 0 Å². The zero-order chi connectivity index (χ0) is 12.4. The summed E-state index contributed by atoms with van der Waals surface area (Å²) in [6.07, 6.45) is 2.56. The van der Waals surface area contributed by atoms with Gasteiger partial charge in [0.15, 0.2) is 6.29 Å². The molecule has 2 aromatic rings. The van der Waals surface area contributed by atoms with Gasteiger partial charge in [0.05, 0.1) is 17.1 Å². The van der Waals surface area contributed by atoms with Crippen molar-refractivity contribution in [3.05, 3.63) is 33.9 Å². The first-order valence-corrected chi connectivity index (χ1v) is 5.85. The molecule has 1 aromatic heterocycles. The van der Waals surface area contributed by atoms with E-state index in [1.54, 1.807) is 25.4 Å². The highest BCUT2D eigenvalue weighted by Gasteiger charge is 2.12. The molecule has 0 N–H and O–H groups in total. The fraction of sp³-hybridized carbons (Fsp3) is 0.250. The molecule has 0 spiro atoms. The van der Waals surface area contributed by atoms with Gasteiger partial charge >= 0.3 is 0 Å². The second-order valence-electron chi connectivity index (χ2n) is 3.67. The Balaban J connectivity index is 2.64. The first-order chi connectivity index (χ1) is 8.17. The van der Waals surface area contributed by atoms with Gasteiger partial charge in [-0.3, -0.25) is 4.79 Å².